The van der Waals surface area contributed by atoms with Crippen molar-refractivity contribution in [2.75, 3.05) is 19.6 Å². The van der Waals surface area contributed by atoms with Gasteiger partial charge in [-0.1, -0.05) is 20.3 Å². The predicted octanol–water partition coefficient (Wildman–Crippen LogP) is 1.59. The molecule has 1 aliphatic heterocycles. The Morgan fingerprint density at radius 2 is 2.12 bits per heavy atom. The van der Waals surface area contributed by atoms with E-state index in [1.54, 1.807) is 6.92 Å². The summed E-state index contributed by atoms with van der Waals surface area (Å²) in [5.74, 6) is 6.15. The molecule has 0 unspecified atom stereocenters. The number of carbonyl (C=O) groups is 1. The summed E-state index contributed by atoms with van der Waals surface area (Å²) in [7, 11) is 0. The molecule has 100 valence electrons. The summed E-state index contributed by atoms with van der Waals surface area (Å²) in [5, 5.41) is 8.65. The SMILES string of the molecule is CC(=N)N(N)CCCN1CCCC1=O.CCC. The number of hydrogen-bond donors (Lipinski definition) is 2. The Labute approximate surface area is 104 Å². The topological polar surface area (TPSA) is 73.4 Å². The Morgan fingerprint density at radius 3 is 2.53 bits per heavy atom. The molecule has 0 aromatic rings. The predicted molar refractivity (Wildman–Crippen MR) is 70.7 cm³/mol. The highest BCUT2D eigenvalue weighted by Crippen LogP contribution is 2.09. The molecule has 1 saturated heterocycles. The van der Waals surface area contributed by atoms with Gasteiger partial charge in [0.25, 0.3) is 0 Å². The van der Waals surface area contributed by atoms with Gasteiger partial charge >= 0.3 is 0 Å². The molecule has 1 amide bonds. The van der Waals surface area contributed by atoms with Gasteiger partial charge in [-0.2, -0.15) is 0 Å². The molecule has 5 heteroatoms. The minimum atomic E-state index is 0.250. The van der Waals surface area contributed by atoms with Crippen molar-refractivity contribution in [1.82, 2.24) is 9.91 Å². The summed E-state index contributed by atoms with van der Waals surface area (Å²) in [6.45, 7) is 8.19. The molecule has 17 heavy (non-hydrogen) atoms. The summed E-state index contributed by atoms with van der Waals surface area (Å²) in [4.78, 5) is 13.1. The maximum absolute atomic E-state index is 11.2. The number of amidine groups is 1. The molecule has 5 nitrogen and oxygen atoms in total. The van der Waals surface area contributed by atoms with Crippen LogP contribution in [0.5, 0.6) is 0 Å². The Kier molecular flexibility index (Phi) is 8.40. The minimum absolute atomic E-state index is 0.250. The monoisotopic (exact) mass is 242 g/mol. The van der Waals surface area contributed by atoms with Crippen LogP contribution in [0, 0.1) is 5.41 Å². The lowest BCUT2D eigenvalue weighted by atomic mass is 10.3. The van der Waals surface area contributed by atoms with E-state index in [0.717, 1.165) is 25.9 Å². The second-order valence-corrected chi connectivity index (χ2v) is 4.32. The molecular weight excluding hydrogens is 216 g/mol. The largest absolute Gasteiger partial charge is 0.343 e. The number of nitrogens with two attached hydrogens (primary N) is 1. The molecule has 0 aromatic carbocycles. The highest BCUT2D eigenvalue weighted by molar-refractivity contribution is 5.78. The Hall–Kier alpha value is -1.10. The normalized spacial score (nSPS) is 14.4. The molecule has 1 heterocycles. The third-order valence-corrected chi connectivity index (χ3v) is 2.43. The van der Waals surface area contributed by atoms with E-state index in [1.165, 1.54) is 11.4 Å². The van der Waals surface area contributed by atoms with Crippen LogP contribution >= 0.6 is 0 Å². The summed E-state index contributed by atoms with van der Waals surface area (Å²) in [6, 6.07) is 0. The van der Waals surface area contributed by atoms with E-state index in [0.29, 0.717) is 18.8 Å². The third kappa shape index (κ3) is 6.94. The Morgan fingerprint density at radius 1 is 1.53 bits per heavy atom. The molecule has 3 N–H and O–H groups in total. The van der Waals surface area contributed by atoms with E-state index in [4.69, 9.17) is 11.3 Å². The number of likely N-dealkylation sites (tertiary alicyclic amines) is 1. The first-order valence-electron chi connectivity index (χ1n) is 6.38. The van der Waals surface area contributed by atoms with Gasteiger partial charge in [0.05, 0.1) is 0 Å². The van der Waals surface area contributed by atoms with Crippen molar-refractivity contribution < 1.29 is 4.79 Å². The van der Waals surface area contributed by atoms with Crippen molar-refractivity contribution in [3.63, 3.8) is 0 Å². The van der Waals surface area contributed by atoms with E-state index in [-0.39, 0.29) is 5.91 Å². The molecule has 1 aliphatic rings. The van der Waals surface area contributed by atoms with Crippen molar-refractivity contribution in [3.8, 4) is 0 Å². The zero-order chi connectivity index (χ0) is 13.3. The number of nitrogens with zero attached hydrogens (tertiary/aromatic N) is 2. The zero-order valence-corrected chi connectivity index (χ0v) is 11.3. The van der Waals surface area contributed by atoms with Crippen LogP contribution in [-0.4, -0.2) is 41.3 Å². The first-order valence-corrected chi connectivity index (χ1v) is 6.38. The molecule has 0 bridgehead atoms. The second kappa shape index (κ2) is 8.98. The van der Waals surface area contributed by atoms with E-state index in [2.05, 4.69) is 13.8 Å². The minimum Gasteiger partial charge on any atom is -0.343 e. The van der Waals surface area contributed by atoms with Gasteiger partial charge in [0.2, 0.25) is 5.91 Å². The van der Waals surface area contributed by atoms with Crippen LogP contribution in [0.15, 0.2) is 0 Å². The van der Waals surface area contributed by atoms with Crippen molar-refractivity contribution in [3.05, 3.63) is 0 Å². The quantitative estimate of drug-likeness (QED) is 0.340. The molecular formula is C12H26N4O. The molecule has 0 spiro atoms. The standard InChI is InChI=1S/C9H18N4O.C3H8/c1-8(10)13(11)7-3-6-12-5-2-4-9(12)14;1-3-2/h10H,2-7,11H2,1H3;3H2,1-2H3. The number of rotatable bonds is 4. The van der Waals surface area contributed by atoms with Crippen molar-refractivity contribution in [1.29, 1.82) is 5.41 Å². The van der Waals surface area contributed by atoms with Gasteiger partial charge < -0.3 is 4.90 Å². The zero-order valence-electron chi connectivity index (χ0n) is 11.3. The summed E-state index contributed by atoms with van der Waals surface area (Å²) < 4.78 is 0. The maximum Gasteiger partial charge on any atom is 0.222 e. The Balaban J connectivity index is 0.000000770. The lowest BCUT2D eigenvalue weighted by Crippen LogP contribution is -2.37. The highest BCUT2D eigenvalue weighted by Gasteiger charge is 2.19. The van der Waals surface area contributed by atoms with Crippen molar-refractivity contribution >= 4 is 11.7 Å². The molecule has 1 fully saturated rings. The van der Waals surface area contributed by atoms with E-state index in [1.807, 2.05) is 4.90 Å². The second-order valence-electron chi connectivity index (χ2n) is 4.32. The van der Waals surface area contributed by atoms with E-state index in [9.17, 15) is 4.79 Å². The average molecular weight is 242 g/mol. The van der Waals surface area contributed by atoms with Crippen molar-refractivity contribution in [2.24, 2.45) is 5.84 Å². The molecule has 0 radical (unpaired) electrons. The first kappa shape index (κ1) is 15.9. The summed E-state index contributed by atoms with van der Waals surface area (Å²) in [6.07, 6.45) is 3.75. The lowest BCUT2D eigenvalue weighted by molar-refractivity contribution is -0.127. The number of carbonyl (C=O) groups excluding carboxylic acids is 1. The molecule has 1 rings (SSSR count). The van der Waals surface area contributed by atoms with E-state index >= 15 is 0 Å². The molecule has 0 aliphatic carbocycles. The summed E-state index contributed by atoms with van der Waals surface area (Å²) >= 11 is 0. The highest BCUT2D eigenvalue weighted by atomic mass is 16.2. The van der Waals surface area contributed by atoms with Crippen LogP contribution < -0.4 is 5.84 Å². The Bertz CT molecular complexity index is 243. The van der Waals surface area contributed by atoms with Gasteiger partial charge in [0.15, 0.2) is 0 Å². The van der Waals surface area contributed by atoms with E-state index < -0.39 is 0 Å². The third-order valence-electron chi connectivity index (χ3n) is 2.43. The number of nitrogens with one attached hydrogen (secondary N) is 1. The smallest absolute Gasteiger partial charge is 0.222 e. The summed E-state index contributed by atoms with van der Waals surface area (Å²) in [5.41, 5.74) is 0. The van der Waals surface area contributed by atoms with Gasteiger partial charge in [-0.15, -0.1) is 0 Å². The van der Waals surface area contributed by atoms with Crippen LogP contribution in [-0.2, 0) is 4.79 Å². The van der Waals surface area contributed by atoms with Gasteiger partial charge in [-0.3, -0.25) is 15.2 Å². The molecule has 0 aromatic heterocycles. The average Bonchev–Trinajstić information content (AvgIpc) is 2.65. The van der Waals surface area contributed by atoms with Crippen LogP contribution in [0.2, 0.25) is 0 Å². The number of hydrogen-bond acceptors (Lipinski definition) is 3. The van der Waals surface area contributed by atoms with Gasteiger partial charge in [-0.25, -0.2) is 5.84 Å². The van der Waals surface area contributed by atoms with Crippen LogP contribution in [0.25, 0.3) is 0 Å². The van der Waals surface area contributed by atoms with Gasteiger partial charge in [-0.05, 0) is 19.8 Å². The fourth-order valence-electron chi connectivity index (χ4n) is 1.54. The van der Waals surface area contributed by atoms with Crippen molar-refractivity contribution in [2.45, 2.75) is 46.5 Å². The maximum atomic E-state index is 11.2. The van der Waals surface area contributed by atoms with Crippen LogP contribution in [0.3, 0.4) is 0 Å². The fraction of sp³-hybridized carbons (Fsp3) is 0.833. The van der Waals surface area contributed by atoms with Crippen LogP contribution in [0.4, 0.5) is 0 Å². The number of amides is 1. The lowest BCUT2D eigenvalue weighted by Gasteiger charge is -2.19. The molecule has 0 saturated carbocycles. The number of hydrazine groups is 1. The first-order chi connectivity index (χ1) is 8.02. The van der Waals surface area contributed by atoms with Crippen LogP contribution in [0.1, 0.15) is 46.5 Å². The van der Waals surface area contributed by atoms with Gasteiger partial charge in [0.1, 0.15) is 5.84 Å². The molecule has 0 atom stereocenters. The fourth-order valence-corrected chi connectivity index (χ4v) is 1.54. The van der Waals surface area contributed by atoms with Gasteiger partial charge in [0, 0.05) is 26.1 Å².